The van der Waals surface area contributed by atoms with Crippen molar-refractivity contribution in [1.82, 2.24) is 0 Å². The zero-order valence-electron chi connectivity index (χ0n) is 9.91. The molecule has 0 aliphatic rings. The van der Waals surface area contributed by atoms with Gasteiger partial charge in [-0.25, -0.2) is 0 Å². The minimum atomic E-state index is 0.000816. The summed E-state index contributed by atoms with van der Waals surface area (Å²) in [7, 11) is 0. The third-order valence-electron chi connectivity index (χ3n) is 3.19. The second-order valence-corrected chi connectivity index (χ2v) is 4.81. The number of halogens is 1. The number of carbonyl (C=O) groups is 1. The predicted molar refractivity (Wildman–Crippen MR) is 76.5 cm³/mol. The van der Waals surface area contributed by atoms with Gasteiger partial charge < -0.3 is 0 Å². The molecule has 0 radical (unpaired) electrons. The molecular weight excluding hydrogens is 244 g/mol. The Balaban J connectivity index is 2.50. The van der Waals surface area contributed by atoms with Crippen molar-refractivity contribution in [3.8, 4) is 0 Å². The second kappa shape index (κ2) is 4.11. The normalized spacial score (nSPS) is 11.0. The molecule has 0 fully saturated rings. The first-order valence-corrected chi connectivity index (χ1v) is 6.16. The number of hydrogen-bond donors (Lipinski definition) is 0. The van der Waals surface area contributed by atoms with Crippen molar-refractivity contribution in [1.29, 1.82) is 0 Å². The lowest BCUT2D eigenvalue weighted by Gasteiger charge is -2.08. The topological polar surface area (TPSA) is 17.1 Å². The van der Waals surface area contributed by atoms with Crippen LogP contribution in [0.4, 0.5) is 0 Å². The molecule has 3 aromatic rings. The summed E-state index contributed by atoms with van der Waals surface area (Å²) in [5.74, 6) is 0.000816. The van der Waals surface area contributed by atoms with Gasteiger partial charge in [-0.3, -0.25) is 4.79 Å². The second-order valence-electron chi connectivity index (χ2n) is 4.40. The lowest BCUT2D eigenvalue weighted by molar-refractivity contribution is 0.101. The molecule has 0 spiro atoms. The highest BCUT2D eigenvalue weighted by Gasteiger charge is 2.11. The zero-order chi connectivity index (χ0) is 12.7. The smallest absolute Gasteiger partial charge is 0.161 e. The Labute approximate surface area is 110 Å². The molecule has 0 aliphatic carbocycles. The van der Waals surface area contributed by atoms with Crippen molar-refractivity contribution in [3.05, 3.63) is 59.1 Å². The van der Waals surface area contributed by atoms with Gasteiger partial charge in [0.2, 0.25) is 0 Å². The molecule has 18 heavy (non-hydrogen) atoms. The van der Waals surface area contributed by atoms with Crippen LogP contribution in [0.15, 0.2) is 48.5 Å². The summed E-state index contributed by atoms with van der Waals surface area (Å²) in [6, 6.07) is 16.0. The first-order valence-electron chi connectivity index (χ1n) is 5.79. The van der Waals surface area contributed by atoms with Crippen LogP contribution in [0.5, 0.6) is 0 Å². The largest absolute Gasteiger partial charge is 0.294 e. The van der Waals surface area contributed by atoms with Crippen molar-refractivity contribution in [2.75, 3.05) is 0 Å². The molecular formula is C16H11ClO. The molecule has 3 aromatic carbocycles. The number of rotatable bonds is 1. The van der Waals surface area contributed by atoms with E-state index in [0.29, 0.717) is 10.6 Å². The summed E-state index contributed by atoms with van der Waals surface area (Å²) in [5.41, 5.74) is 0.611. The molecule has 0 bridgehead atoms. The van der Waals surface area contributed by atoms with E-state index in [-0.39, 0.29) is 5.78 Å². The maximum absolute atomic E-state index is 11.7. The van der Waals surface area contributed by atoms with E-state index in [1.807, 2.05) is 30.3 Å². The van der Waals surface area contributed by atoms with Crippen molar-refractivity contribution in [3.63, 3.8) is 0 Å². The fraction of sp³-hybridized carbons (Fsp3) is 0.0625. The van der Waals surface area contributed by atoms with Crippen LogP contribution in [0, 0.1) is 0 Å². The minimum Gasteiger partial charge on any atom is -0.294 e. The monoisotopic (exact) mass is 254 g/mol. The fourth-order valence-electron chi connectivity index (χ4n) is 2.35. The summed E-state index contributed by atoms with van der Waals surface area (Å²) < 4.78 is 0. The molecule has 1 nitrogen and oxygen atoms in total. The third-order valence-corrected chi connectivity index (χ3v) is 3.50. The van der Waals surface area contributed by atoms with E-state index >= 15 is 0 Å². The molecule has 0 heterocycles. The van der Waals surface area contributed by atoms with Gasteiger partial charge in [0.05, 0.1) is 5.02 Å². The van der Waals surface area contributed by atoms with E-state index in [9.17, 15) is 4.79 Å². The summed E-state index contributed by atoms with van der Waals surface area (Å²) in [4.78, 5) is 11.7. The SMILES string of the molecule is CC(=O)c1c(Cl)ccc2cc3ccccc3cc12. The first kappa shape index (κ1) is 11.2. The Morgan fingerprint density at radius 3 is 2.28 bits per heavy atom. The van der Waals surface area contributed by atoms with Crippen LogP contribution in [0.3, 0.4) is 0 Å². The van der Waals surface area contributed by atoms with Crippen LogP contribution < -0.4 is 0 Å². The molecule has 0 atom stereocenters. The van der Waals surface area contributed by atoms with Crippen LogP contribution >= 0.6 is 11.6 Å². The number of hydrogen-bond acceptors (Lipinski definition) is 1. The number of Topliss-reactive ketones (excluding diaryl/α,β-unsaturated/α-hetero) is 1. The van der Waals surface area contributed by atoms with Gasteiger partial charge >= 0.3 is 0 Å². The molecule has 0 aromatic heterocycles. The highest BCUT2D eigenvalue weighted by atomic mass is 35.5. The zero-order valence-corrected chi connectivity index (χ0v) is 10.7. The average Bonchev–Trinajstić information content (AvgIpc) is 2.36. The maximum Gasteiger partial charge on any atom is 0.161 e. The lowest BCUT2D eigenvalue weighted by atomic mass is 9.98. The molecule has 0 N–H and O–H groups in total. The Bertz CT molecular complexity index is 774. The van der Waals surface area contributed by atoms with Gasteiger partial charge in [-0.05, 0) is 46.7 Å². The third kappa shape index (κ3) is 1.68. The molecule has 88 valence electrons. The molecule has 0 aliphatic heterocycles. The van der Waals surface area contributed by atoms with Crippen molar-refractivity contribution >= 4 is 38.9 Å². The molecule has 0 unspecified atom stereocenters. The van der Waals surface area contributed by atoms with E-state index < -0.39 is 0 Å². The number of carbonyl (C=O) groups excluding carboxylic acids is 1. The van der Waals surface area contributed by atoms with Crippen LogP contribution in [-0.4, -0.2) is 5.78 Å². The Morgan fingerprint density at radius 2 is 1.61 bits per heavy atom. The molecule has 0 saturated carbocycles. The lowest BCUT2D eigenvalue weighted by Crippen LogP contribution is -1.95. The van der Waals surface area contributed by atoms with Crippen molar-refractivity contribution < 1.29 is 4.79 Å². The fourth-order valence-corrected chi connectivity index (χ4v) is 2.64. The summed E-state index contributed by atoms with van der Waals surface area (Å²) in [6.45, 7) is 1.55. The first-order chi connectivity index (χ1) is 8.66. The molecule has 0 amide bonds. The van der Waals surface area contributed by atoms with Crippen LogP contribution in [0.1, 0.15) is 17.3 Å². The average molecular weight is 255 g/mol. The minimum absolute atomic E-state index is 0.000816. The van der Waals surface area contributed by atoms with E-state index in [2.05, 4.69) is 12.1 Å². The van der Waals surface area contributed by atoms with Crippen LogP contribution in [0.25, 0.3) is 21.5 Å². The van der Waals surface area contributed by atoms with E-state index in [4.69, 9.17) is 11.6 Å². The number of ketones is 1. The quantitative estimate of drug-likeness (QED) is 0.448. The van der Waals surface area contributed by atoms with Crippen molar-refractivity contribution in [2.45, 2.75) is 6.92 Å². The molecule has 0 saturated heterocycles. The van der Waals surface area contributed by atoms with Gasteiger partial charge in [0.1, 0.15) is 0 Å². The van der Waals surface area contributed by atoms with Crippen LogP contribution in [0.2, 0.25) is 5.02 Å². The van der Waals surface area contributed by atoms with Crippen LogP contribution in [-0.2, 0) is 0 Å². The summed E-state index contributed by atoms with van der Waals surface area (Å²) in [6.07, 6.45) is 0. The number of benzene rings is 3. The van der Waals surface area contributed by atoms with Gasteiger partial charge in [-0.1, -0.05) is 41.9 Å². The van der Waals surface area contributed by atoms with Gasteiger partial charge in [-0.15, -0.1) is 0 Å². The maximum atomic E-state index is 11.7. The highest BCUT2D eigenvalue weighted by Crippen LogP contribution is 2.30. The summed E-state index contributed by atoms with van der Waals surface area (Å²) >= 11 is 6.13. The van der Waals surface area contributed by atoms with E-state index in [1.165, 1.54) is 5.39 Å². The van der Waals surface area contributed by atoms with Gasteiger partial charge in [0.25, 0.3) is 0 Å². The Kier molecular flexibility index (Phi) is 2.57. The summed E-state index contributed by atoms with van der Waals surface area (Å²) in [5, 5.41) is 4.78. The molecule has 2 heteroatoms. The molecule has 3 rings (SSSR count). The standard InChI is InChI=1S/C16H11ClO/c1-10(18)16-14-9-12-5-3-2-4-11(12)8-13(14)6-7-15(16)17/h2-9H,1H3. The predicted octanol–water partition coefficient (Wildman–Crippen LogP) is 4.85. The van der Waals surface area contributed by atoms with E-state index in [1.54, 1.807) is 13.0 Å². The van der Waals surface area contributed by atoms with E-state index in [0.717, 1.165) is 16.2 Å². The van der Waals surface area contributed by atoms with Gasteiger partial charge in [-0.2, -0.15) is 0 Å². The van der Waals surface area contributed by atoms with Gasteiger partial charge in [0, 0.05) is 5.56 Å². The van der Waals surface area contributed by atoms with Gasteiger partial charge in [0.15, 0.2) is 5.78 Å². The highest BCUT2D eigenvalue weighted by molar-refractivity contribution is 6.36. The van der Waals surface area contributed by atoms with Crippen molar-refractivity contribution in [2.24, 2.45) is 0 Å². The number of fused-ring (bicyclic) bond motifs is 2. The Morgan fingerprint density at radius 1 is 0.944 bits per heavy atom. The Hall–Kier alpha value is -1.86.